The van der Waals surface area contributed by atoms with E-state index >= 15 is 0 Å². The number of anilines is 1. The molecular formula is C12H19N5O3. The zero-order valence-electron chi connectivity index (χ0n) is 11.4. The molecule has 110 valence electrons. The number of aryl methyl sites for hydroxylation is 1. The molecule has 0 spiro atoms. The predicted octanol–water partition coefficient (Wildman–Crippen LogP) is -0.0812. The number of hydrogen-bond acceptors (Lipinski definition) is 7. The van der Waals surface area contributed by atoms with E-state index in [1.165, 1.54) is 0 Å². The number of hydrogen-bond donors (Lipinski definition) is 3. The molecule has 2 heterocycles. The molecule has 20 heavy (non-hydrogen) atoms. The summed E-state index contributed by atoms with van der Waals surface area (Å²) in [6, 6.07) is 0.454. The maximum atomic E-state index is 8.74. The SMILES string of the molecule is Cn1c(OCCCO)nc2cnc(NCCCO)nc21. The number of aromatic nitrogens is 4. The van der Waals surface area contributed by atoms with Gasteiger partial charge in [-0.3, -0.25) is 4.57 Å². The van der Waals surface area contributed by atoms with Crippen molar-refractivity contribution in [3.8, 4) is 6.01 Å². The van der Waals surface area contributed by atoms with Gasteiger partial charge in [0.1, 0.15) is 5.52 Å². The first kappa shape index (κ1) is 14.5. The van der Waals surface area contributed by atoms with Gasteiger partial charge in [0.2, 0.25) is 5.95 Å². The van der Waals surface area contributed by atoms with Crippen LogP contribution in [0.3, 0.4) is 0 Å². The molecule has 0 bridgehead atoms. The summed E-state index contributed by atoms with van der Waals surface area (Å²) in [5.41, 5.74) is 1.32. The molecule has 0 aliphatic rings. The lowest BCUT2D eigenvalue weighted by Gasteiger charge is -2.04. The van der Waals surface area contributed by atoms with Gasteiger partial charge in [-0.05, 0) is 6.42 Å². The summed E-state index contributed by atoms with van der Waals surface area (Å²) in [5.74, 6) is 0.496. The number of ether oxygens (including phenoxy) is 1. The van der Waals surface area contributed by atoms with Crippen LogP contribution in [0.1, 0.15) is 12.8 Å². The standard InChI is InChI=1S/C12H19N5O3/c1-17-10-9(15-12(17)20-7-3-6-19)8-14-11(16-10)13-4-2-5-18/h8,18-19H,2-7H2,1H3,(H,13,14,16). The molecule has 0 radical (unpaired) electrons. The van der Waals surface area contributed by atoms with E-state index in [-0.39, 0.29) is 13.2 Å². The first-order valence-electron chi connectivity index (χ1n) is 6.54. The van der Waals surface area contributed by atoms with E-state index in [2.05, 4.69) is 20.3 Å². The Labute approximate surface area is 116 Å². The summed E-state index contributed by atoms with van der Waals surface area (Å²) in [5, 5.41) is 20.5. The second kappa shape index (κ2) is 7.01. The Morgan fingerprint density at radius 3 is 2.80 bits per heavy atom. The molecule has 0 aliphatic heterocycles. The van der Waals surface area contributed by atoms with Crippen molar-refractivity contribution in [1.82, 2.24) is 19.5 Å². The summed E-state index contributed by atoms with van der Waals surface area (Å²) in [4.78, 5) is 12.8. The van der Waals surface area contributed by atoms with Crippen molar-refractivity contribution in [2.45, 2.75) is 12.8 Å². The summed E-state index contributed by atoms with van der Waals surface area (Å²) in [6.45, 7) is 1.23. The lowest BCUT2D eigenvalue weighted by Crippen LogP contribution is -2.07. The Morgan fingerprint density at radius 1 is 1.25 bits per heavy atom. The third kappa shape index (κ3) is 3.34. The van der Waals surface area contributed by atoms with Crippen LogP contribution in [0.5, 0.6) is 6.01 Å². The second-order valence-electron chi connectivity index (χ2n) is 4.29. The quantitative estimate of drug-likeness (QED) is 0.581. The van der Waals surface area contributed by atoms with Crippen LogP contribution in [0.25, 0.3) is 11.2 Å². The van der Waals surface area contributed by atoms with Crippen molar-refractivity contribution in [3.05, 3.63) is 6.20 Å². The van der Waals surface area contributed by atoms with Crippen LogP contribution in [0.4, 0.5) is 5.95 Å². The molecule has 0 saturated heterocycles. The van der Waals surface area contributed by atoms with Crippen molar-refractivity contribution in [3.63, 3.8) is 0 Å². The molecule has 0 fully saturated rings. The van der Waals surface area contributed by atoms with E-state index in [1.807, 2.05) is 7.05 Å². The van der Waals surface area contributed by atoms with E-state index in [0.29, 0.717) is 49.1 Å². The molecule has 8 nitrogen and oxygen atoms in total. The normalized spacial score (nSPS) is 10.9. The molecule has 0 unspecified atom stereocenters. The van der Waals surface area contributed by atoms with Gasteiger partial charge >= 0.3 is 0 Å². The summed E-state index contributed by atoms with van der Waals surface area (Å²) in [6.07, 6.45) is 2.83. The van der Waals surface area contributed by atoms with Gasteiger partial charge in [-0.2, -0.15) is 9.97 Å². The number of aliphatic hydroxyl groups is 2. The van der Waals surface area contributed by atoms with Crippen LogP contribution in [-0.4, -0.2) is 56.1 Å². The number of nitrogens with one attached hydrogen (secondary N) is 1. The number of nitrogens with zero attached hydrogens (tertiary/aromatic N) is 4. The minimum Gasteiger partial charge on any atom is -0.465 e. The Kier molecular flexibility index (Phi) is 5.08. The Bertz CT molecular complexity index is 557. The second-order valence-corrected chi connectivity index (χ2v) is 4.29. The average molecular weight is 281 g/mol. The fourth-order valence-corrected chi connectivity index (χ4v) is 1.68. The fourth-order valence-electron chi connectivity index (χ4n) is 1.68. The molecule has 2 aromatic heterocycles. The molecule has 8 heteroatoms. The predicted molar refractivity (Wildman–Crippen MR) is 73.7 cm³/mol. The number of aliphatic hydroxyl groups excluding tert-OH is 2. The first-order chi connectivity index (χ1) is 9.76. The topological polar surface area (TPSA) is 105 Å². The Balaban J connectivity index is 2.12. The maximum absolute atomic E-state index is 8.74. The molecule has 2 aromatic rings. The van der Waals surface area contributed by atoms with Crippen molar-refractivity contribution in [2.75, 3.05) is 31.7 Å². The van der Waals surface area contributed by atoms with Crippen molar-refractivity contribution in [2.24, 2.45) is 7.05 Å². The molecule has 3 N–H and O–H groups in total. The van der Waals surface area contributed by atoms with Gasteiger partial charge in [0.05, 0.1) is 12.8 Å². The van der Waals surface area contributed by atoms with Gasteiger partial charge in [-0.1, -0.05) is 0 Å². The van der Waals surface area contributed by atoms with Crippen LogP contribution in [0, 0.1) is 0 Å². The van der Waals surface area contributed by atoms with E-state index in [4.69, 9.17) is 14.9 Å². The summed E-state index contributed by atoms with van der Waals surface area (Å²) < 4.78 is 7.21. The molecule has 0 atom stereocenters. The molecule has 0 aromatic carbocycles. The highest BCUT2D eigenvalue weighted by Crippen LogP contribution is 2.18. The van der Waals surface area contributed by atoms with E-state index in [1.54, 1.807) is 10.8 Å². The van der Waals surface area contributed by atoms with Gasteiger partial charge in [0.25, 0.3) is 6.01 Å². The van der Waals surface area contributed by atoms with Gasteiger partial charge < -0.3 is 20.3 Å². The number of fused-ring (bicyclic) bond motifs is 1. The zero-order chi connectivity index (χ0) is 14.4. The highest BCUT2D eigenvalue weighted by molar-refractivity contribution is 5.72. The van der Waals surface area contributed by atoms with Gasteiger partial charge in [0.15, 0.2) is 5.65 Å². The van der Waals surface area contributed by atoms with Gasteiger partial charge in [0, 0.05) is 33.2 Å². The van der Waals surface area contributed by atoms with Crippen LogP contribution < -0.4 is 10.1 Å². The fraction of sp³-hybridized carbons (Fsp3) is 0.583. The van der Waals surface area contributed by atoms with Crippen LogP contribution >= 0.6 is 0 Å². The average Bonchev–Trinajstić information content (AvgIpc) is 2.76. The molecule has 0 aliphatic carbocycles. The minimum absolute atomic E-state index is 0.0860. The third-order valence-corrected chi connectivity index (χ3v) is 2.72. The monoisotopic (exact) mass is 281 g/mol. The maximum Gasteiger partial charge on any atom is 0.298 e. The number of rotatable bonds is 8. The van der Waals surface area contributed by atoms with E-state index < -0.39 is 0 Å². The Hall–Kier alpha value is -1.93. The Morgan fingerprint density at radius 2 is 2.05 bits per heavy atom. The summed E-state index contributed by atoms with van der Waals surface area (Å²) >= 11 is 0. The molecule has 2 rings (SSSR count). The van der Waals surface area contributed by atoms with Gasteiger partial charge in [-0.15, -0.1) is 0 Å². The van der Waals surface area contributed by atoms with Gasteiger partial charge in [-0.25, -0.2) is 4.98 Å². The zero-order valence-corrected chi connectivity index (χ0v) is 11.4. The largest absolute Gasteiger partial charge is 0.465 e. The molecular weight excluding hydrogens is 262 g/mol. The number of imidazole rings is 1. The molecule has 0 amide bonds. The van der Waals surface area contributed by atoms with Crippen LogP contribution in [0.2, 0.25) is 0 Å². The van der Waals surface area contributed by atoms with Crippen molar-refractivity contribution in [1.29, 1.82) is 0 Å². The van der Waals surface area contributed by atoms with E-state index in [9.17, 15) is 0 Å². The van der Waals surface area contributed by atoms with E-state index in [0.717, 1.165) is 0 Å². The third-order valence-electron chi connectivity index (χ3n) is 2.72. The highest BCUT2D eigenvalue weighted by Gasteiger charge is 2.11. The first-order valence-corrected chi connectivity index (χ1v) is 6.54. The van der Waals surface area contributed by atoms with Crippen LogP contribution in [-0.2, 0) is 7.05 Å². The lowest BCUT2D eigenvalue weighted by molar-refractivity contribution is 0.221. The smallest absolute Gasteiger partial charge is 0.298 e. The van der Waals surface area contributed by atoms with Crippen molar-refractivity contribution < 1.29 is 14.9 Å². The minimum atomic E-state index is 0.0860. The highest BCUT2D eigenvalue weighted by atomic mass is 16.5. The van der Waals surface area contributed by atoms with Crippen LogP contribution in [0.15, 0.2) is 6.20 Å². The molecule has 0 saturated carbocycles. The van der Waals surface area contributed by atoms with Crippen molar-refractivity contribution >= 4 is 17.1 Å². The lowest BCUT2D eigenvalue weighted by atomic mass is 10.4. The summed E-state index contributed by atoms with van der Waals surface area (Å²) in [7, 11) is 1.81.